The molecule has 0 saturated carbocycles. The second kappa shape index (κ2) is 6.52. The van der Waals surface area contributed by atoms with E-state index in [0.717, 1.165) is 31.1 Å². The number of nitrogens with one attached hydrogen (secondary N) is 1. The van der Waals surface area contributed by atoms with Gasteiger partial charge in [0.25, 0.3) is 0 Å². The Kier molecular flexibility index (Phi) is 4.74. The minimum Gasteiger partial charge on any atom is -0.354 e. The van der Waals surface area contributed by atoms with Gasteiger partial charge in [0.2, 0.25) is 5.95 Å². The largest absolute Gasteiger partial charge is 0.354 e. The highest BCUT2D eigenvalue weighted by molar-refractivity contribution is 7.09. The summed E-state index contributed by atoms with van der Waals surface area (Å²) in [5.41, 5.74) is 0.991. The van der Waals surface area contributed by atoms with E-state index in [9.17, 15) is 0 Å². The molecular weight excluding hydrogens is 256 g/mol. The summed E-state index contributed by atoms with van der Waals surface area (Å²) in [6.07, 6.45) is 0. The molecule has 102 valence electrons. The lowest BCUT2D eigenvalue weighted by Crippen LogP contribution is -2.23. The van der Waals surface area contributed by atoms with Gasteiger partial charge in [0.1, 0.15) is 5.82 Å². The van der Waals surface area contributed by atoms with Crippen molar-refractivity contribution in [3.05, 3.63) is 34.2 Å². The van der Waals surface area contributed by atoms with Crippen molar-refractivity contribution < 1.29 is 0 Å². The van der Waals surface area contributed by atoms with Crippen molar-refractivity contribution in [1.29, 1.82) is 0 Å². The molecule has 0 radical (unpaired) electrons. The molecule has 2 aromatic heterocycles. The fourth-order valence-corrected chi connectivity index (χ4v) is 2.62. The SMILES string of the molecule is CCNc1nc(C)cc(N(CC)Cc2cccs2)n1. The van der Waals surface area contributed by atoms with Crippen LogP contribution >= 0.6 is 11.3 Å². The molecular formula is C14H20N4S. The van der Waals surface area contributed by atoms with Crippen LogP contribution in [0.15, 0.2) is 23.6 Å². The predicted octanol–water partition coefficient (Wildman–Crippen LogP) is 3.30. The molecule has 0 aliphatic heterocycles. The standard InChI is InChI=1S/C14H20N4S/c1-4-15-14-16-11(3)9-13(17-14)18(5-2)10-12-7-6-8-19-12/h6-9H,4-5,10H2,1-3H3,(H,15,16,17). The Morgan fingerprint density at radius 1 is 1.32 bits per heavy atom. The van der Waals surface area contributed by atoms with Gasteiger partial charge in [0, 0.05) is 29.7 Å². The Balaban J connectivity index is 2.21. The molecule has 0 aromatic carbocycles. The molecule has 0 amide bonds. The Hall–Kier alpha value is -1.62. The first-order valence-corrected chi connectivity index (χ1v) is 7.47. The highest BCUT2D eigenvalue weighted by Crippen LogP contribution is 2.19. The average molecular weight is 276 g/mol. The first kappa shape index (κ1) is 13.8. The van der Waals surface area contributed by atoms with Crippen molar-refractivity contribution in [2.75, 3.05) is 23.3 Å². The third-order valence-electron chi connectivity index (χ3n) is 2.81. The Morgan fingerprint density at radius 2 is 2.16 bits per heavy atom. The van der Waals surface area contributed by atoms with Crippen molar-refractivity contribution in [1.82, 2.24) is 9.97 Å². The normalized spacial score (nSPS) is 10.5. The van der Waals surface area contributed by atoms with Gasteiger partial charge in [-0.05, 0) is 32.2 Å². The first-order chi connectivity index (χ1) is 9.22. The van der Waals surface area contributed by atoms with Crippen LogP contribution in [0.4, 0.5) is 11.8 Å². The van der Waals surface area contributed by atoms with Crippen LogP contribution in [0.3, 0.4) is 0 Å². The van der Waals surface area contributed by atoms with Gasteiger partial charge in [-0.15, -0.1) is 11.3 Å². The second-order valence-electron chi connectivity index (χ2n) is 4.32. The molecule has 2 rings (SSSR count). The lowest BCUT2D eigenvalue weighted by atomic mass is 10.3. The lowest BCUT2D eigenvalue weighted by Gasteiger charge is -2.22. The zero-order valence-corrected chi connectivity index (χ0v) is 12.5. The maximum Gasteiger partial charge on any atom is 0.224 e. The third kappa shape index (κ3) is 3.67. The first-order valence-electron chi connectivity index (χ1n) is 6.59. The fraction of sp³-hybridized carbons (Fsp3) is 0.429. The zero-order chi connectivity index (χ0) is 13.7. The summed E-state index contributed by atoms with van der Waals surface area (Å²) < 4.78 is 0. The minimum absolute atomic E-state index is 0.710. The van der Waals surface area contributed by atoms with Crippen LogP contribution in [0, 0.1) is 6.92 Å². The molecule has 0 spiro atoms. The lowest BCUT2D eigenvalue weighted by molar-refractivity contribution is 0.817. The molecule has 0 unspecified atom stereocenters. The number of nitrogens with zero attached hydrogens (tertiary/aromatic N) is 3. The molecule has 0 atom stereocenters. The molecule has 4 nitrogen and oxygen atoms in total. The summed E-state index contributed by atoms with van der Waals surface area (Å²) in [5, 5.41) is 5.29. The molecule has 1 N–H and O–H groups in total. The summed E-state index contributed by atoms with van der Waals surface area (Å²) in [6, 6.07) is 6.29. The van der Waals surface area contributed by atoms with Gasteiger partial charge in [0.05, 0.1) is 6.54 Å². The number of hydrogen-bond acceptors (Lipinski definition) is 5. The van der Waals surface area contributed by atoms with E-state index < -0.39 is 0 Å². The van der Waals surface area contributed by atoms with Crippen LogP contribution in [-0.4, -0.2) is 23.1 Å². The van der Waals surface area contributed by atoms with Crippen molar-refractivity contribution in [2.45, 2.75) is 27.3 Å². The highest BCUT2D eigenvalue weighted by Gasteiger charge is 2.10. The second-order valence-corrected chi connectivity index (χ2v) is 5.35. The predicted molar refractivity (Wildman–Crippen MR) is 82.0 cm³/mol. The number of anilines is 2. The number of aromatic nitrogens is 2. The number of rotatable bonds is 6. The van der Waals surface area contributed by atoms with Crippen LogP contribution in [0.2, 0.25) is 0 Å². The van der Waals surface area contributed by atoms with E-state index in [0.29, 0.717) is 5.95 Å². The quantitative estimate of drug-likeness (QED) is 0.879. The van der Waals surface area contributed by atoms with E-state index in [1.54, 1.807) is 11.3 Å². The Labute approximate surface area is 118 Å². The molecule has 0 aliphatic rings. The summed E-state index contributed by atoms with van der Waals surface area (Å²) in [5.74, 6) is 1.70. The average Bonchev–Trinajstić information content (AvgIpc) is 2.88. The summed E-state index contributed by atoms with van der Waals surface area (Å²) in [6.45, 7) is 8.87. The van der Waals surface area contributed by atoms with Crippen LogP contribution in [0.1, 0.15) is 24.4 Å². The van der Waals surface area contributed by atoms with Gasteiger partial charge in [-0.1, -0.05) is 6.07 Å². The molecule has 0 saturated heterocycles. The third-order valence-corrected chi connectivity index (χ3v) is 3.67. The summed E-state index contributed by atoms with van der Waals surface area (Å²) in [7, 11) is 0. The van der Waals surface area contributed by atoms with Gasteiger partial charge >= 0.3 is 0 Å². The van der Waals surface area contributed by atoms with E-state index in [1.165, 1.54) is 4.88 Å². The summed E-state index contributed by atoms with van der Waals surface area (Å²) >= 11 is 1.78. The molecule has 19 heavy (non-hydrogen) atoms. The monoisotopic (exact) mass is 276 g/mol. The van der Waals surface area contributed by atoms with E-state index >= 15 is 0 Å². The number of aryl methyl sites for hydroxylation is 1. The fourth-order valence-electron chi connectivity index (χ4n) is 1.90. The van der Waals surface area contributed by atoms with Gasteiger partial charge < -0.3 is 10.2 Å². The van der Waals surface area contributed by atoms with E-state index in [4.69, 9.17) is 0 Å². The van der Waals surface area contributed by atoms with Crippen LogP contribution in [0.25, 0.3) is 0 Å². The van der Waals surface area contributed by atoms with E-state index in [-0.39, 0.29) is 0 Å². The van der Waals surface area contributed by atoms with Crippen LogP contribution in [-0.2, 0) is 6.54 Å². The van der Waals surface area contributed by atoms with Crippen molar-refractivity contribution in [3.8, 4) is 0 Å². The highest BCUT2D eigenvalue weighted by atomic mass is 32.1. The van der Waals surface area contributed by atoms with Crippen molar-refractivity contribution in [2.24, 2.45) is 0 Å². The molecule has 5 heteroatoms. The topological polar surface area (TPSA) is 41.1 Å². The zero-order valence-electron chi connectivity index (χ0n) is 11.7. The Bertz CT molecular complexity index is 510. The molecule has 0 fully saturated rings. The molecule has 2 heterocycles. The maximum atomic E-state index is 4.58. The Morgan fingerprint density at radius 3 is 2.79 bits per heavy atom. The number of thiophene rings is 1. The van der Waals surface area contributed by atoms with E-state index in [1.807, 2.05) is 13.0 Å². The van der Waals surface area contributed by atoms with Gasteiger partial charge in [0.15, 0.2) is 0 Å². The molecule has 2 aromatic rings. The van der Waals surface area contributed by atoms with Gasteiger partial charge in [-0.25, -0.2) is 4.98 Å². The van der Waals surface area contributed by atoms with Gasteiger partial charge in [-0.2, -0.15) is 4.98 Å². The maximum absolute atomic E-state index is 4.58. The smallest absolute Gasteiger partial charge is 0.224 e. The summed E-state index contributed by atoms with van der Waals surface area (Å²) in [4.78, 5) is 12.6. The van der Waals surface area contributed by atoms with Gasteiger partial charge in [-0.3, -0.25) is 0 Å². The number of hydrogen-bond donors (Lipinski definition) is 1. The van der Waals surface area contributed by atoms with Crippen LogP contribution < -0.4 is 10.2 Å². The van der Waals surface area contributed by atoms with Crippen molar-refractivity contribution in [3.63, 3.8) is 0 Å². The molecule has 0 bridgehead atoms. The van der Waals surface area contributed by atoms with Crippen molar-refractivity contribution >= 4 is 23.1 Å². The minimum atomic E-state index is 0.710. The molecule has 0 aliphatic carbocycles. The van der Waals surface area contributed by atoms with Crippen LogP contribution in [0.5, 0.6) is 0 Å². The van der Waals surface area contributed by atoms with E-state index in [2.05, 4.69) is 51.5 Å².